The molecule has 13 nitrogen and oxygen atoms in total. The van der Waals surface area contributed by atoms with Crippen molar-refractivity contribution in [3.63, 3.8) is 0 Å². The van der Waals surface area contributed by atoms with Crippen LogP contribution < -0.4 is 32.7 Å². The number of likely N-dealkylation sites (tertiary alicyclic amines) is 1. The second-order valence-electron chi connectivity index (χ2n) is 13.5. The summed E-state index contributed by atoms with van der Waals surface area (Å²) in [7, 11) is 0. The molecule has 3 heterocycles. The largest absolute Gasteiger partial charge is 0.370 e. The lowest BCUT2D eigenvalue weighted by Gasteiger charge is -2.35. The van der Waals surface area contributed by atoms with Crippen molar-refractivity contribution in [3.8, 4) is 0 Å². The lowest BCUT2D eigenvalue weighted by Crippen LogP contribution is -2.49. The van der Waals surface area contributed by atoms with Crippen LogP contribution in [-0.2, 0) is 9.59 Å². The van der Waals surface area contributed by atoms with Crippen molar-refractivity contribution in [2.75, 3.05) is 82.2 Å². The topological polar surface area (TPSA) is 179 Å². The van der Waals surface area contributed by atoms with Crippen LogP contribution in [0.25, 0.3) is 0 Å². The van der Waals surface area contributed by atoms with Gasteiger partial charge in [0.1, 0.15) is 0 Å². The fraction of sp³-hybridized carbons (Fsp3) is 0.556. The Morgan fingerprint density at radius 3 is 2.27 bits per heavy atom. The highest BCUT2D eigenvalue weighted by atomic mass is 16.2. The minimum atomic E-state index is -0.540. The molecule has 5 rings (SSSR count). The van der Waals surface area contributed by atoms with Gasteiger partial charge in [-0.2, -0.15) is 0 Å². The summed E-state index contributed by atoms with van der Waals surface area (Å²) in [5, 5.41) is 5.93. The number of rotatable bonds is 15. The van der Waals surface area contributed by atoms with Crippen LogP contribution in [-0.4, -0.2) is 116 Å². The van der Waals surface area contributed by atoms with Gasteiger partial charge in [0.05, 0.1) is 35.2 Å². The number of piperidine rings is 1. The smallest absolute Gasteiger partial charge is 0.257 e. The maximum absolute atomic E-state index is 13.8. The van der Waals surface area contributed by atoms with Crippen molar-refractivity contribution < 1.29 is 14.4 Å². The predicted octanol–water partition coefficient (Wildman–Crippen LogP) is 1.91. The van der Waals surface area contributed by atoms with Gasteiger partial charge in [0.2, 0.25) is 11.8 Å². The maximum atomic E-state index is 13.8. The van der Waals surface area contributed by atoms with Gasteiger partial charge >= 0.3 is 0 Å². The zero-order chi connectivity index (χ0) is 34.6. The Kier molecular flexibility index (Phi) is 13.4. The molecule has 0 radical (unpaired) electrons. The fourth-order valence-corrected chi connectivity index (χ4v) is 7.04. The molecule has 2 aromatic carbocycles. The molecule has 0 aliphatic carbocycles. The number of nitrogens with two attached hydrogens (primary N) is 3. The van der Waals surface area contributed by atoms with E-state index >= 15 is 0 Å². The Labute approximate surface area is 290 Å². The number of nitrogens with zero attached hydrogens (tertiary/aromatic N) is 5. The molecular weight excluding hydrogens is 620 g/mol. The van der Waals surface area contributed by atoms with E-state index in [1.165, 1.54) is 19.3 Å². The van der Waals surface area contributed by atoms with Gasteiger partial charge in [0.15, 0.2) is 5.96 Å². The van der Waals surface area contributed by atoms with Crippen molar-refractivity contribution in [1.82, 2.24) is 20.0 Å². The van der Waals surface area contributed by atoms with Gasteiger partial charge in [-0.05, 0) is 81.9 Å². The Morgan fingerprint density at radius 2 is 1.53 bits per heavy atom. The number of carbonyl (C=O) groups is 3. The summed E-state index contributed by atoms with van der Waals surface area (Å²) in [6.45, 7) is 9.34. The number of aliphatic imine (C=N–C) groups is 1. The lowest BCUT2D eigenvalue weighted by atomic mass is 9.91. The Balaban J connectivity index is 0.943. The number of amides is 3. The highest BCUT2D eigenvalue weighted by molar-refractivity contribution is 6.17. The van der Waals surface area contributed by atoms with E-state index in [4.69, 9.17) is 17.2 Å². The van der Waals surface area contributed by atoms with Crippen LogP contribution in [0.3, 0.4) is 0 Å². The molecule has 3 amide bonds. The molecule has 0 bridgehead atoms. The summed E-state index contributed by atoms with van der Waals surface area (Å²) < 4.78 is 0. The number of anilines is 3. The summed E-state index contributed by atoms with van der Waals surface area (Å²) in [4.78, 5) is 51.8. The predicted molar refractivity (Wildman–Crippen MR) is 195 cm³/mol. The first-order chi connectivity index (χ1) is 23.8. The van der Waals surface area contributed by atoms with Crippen LogP contribution in [0.15, 0.2) is 53.5 Å². The van der Waals surface area contributed by atoms with Gasteiger partial charge in [-0.3, -0.25) is 34.1 Å². The van der Waals surface area contributed by atoms with E-state index in [1.807, 2.05) is 42.5 Å². The Morgan fingerprint density at radius 1 is 0.857 bits per heavy atom. The third-order valence-corrected chi connectivity index (χ3v) is 9.93. The number of guanidine groups is 1. The summed E-state index contributed by atoms with van der Waals surface area (Å²) in [5.74, 6) is 0.418. The molecule has 2 aromatic rings. The number of nitrogens with one attached hydrogen (secondary N) is 2. The normalized spacial score (nSPS) is 18.1. The van der Waals surface area contributed by atoms with Crippen LogP contribution in [0.4, 0.5) is 17.1 Å². The van der Waals surface area contributed by atoms with Crippen molar-refractivity contribution in [1.29, 1.82) is 0 Å². The molecule has 3 aliphatic rings. The molecule has 0 saturated carbocycles. The third kappa shape index (κ3) is 10.5. The maximum Gasteiger partial charge on any atom is 0.257 e. The van der Waals surface area contributed by atoms with Crippen LogP contribution in [0.1, 0.15) is 55.3 Å². The van der Waals surface area contributed by atoms with E-state index in [-0.39, 0.29) is 23.7 Å². The first-order valence-corrected chi connectivity index (χ1v) is 17.9. The molecule has 2 fully saturated rings. The molecule has 0 aromatic heterocycles. The molecule has 0 spiro atoms. The van der Waals surface area contributed by atoms with Crippen LogP contribution in [0.2, 0.25) is 0 Å². The van der Waals surface area contributed by atoms with Crippen LogP contribution in [0, 0.1) is 5.92 Å². The fourth-order valence-electron chi connectivity index (χ4n) is 7.04. The molecule has 1 atom stereocenters. The van der Waals surface area contributed by atoms with Gasteiger partial charge < -0.3 is 32.7 Å². The van der Waals surface area contributed by atoms with E-state index in [0.717, 1.165) is 65.2 Å². The highest BCUT2D eigenvalue weighted by Crippen LogP contribution is 2.38. The van der Waals surface area contributed by atoms with Crippen LogP contribution in [0.5, 0.6) is 0 Å². The number of hydrogen-bond acceptors (Lipinski definition) is 8. The van der Waals surface area contributed by atoms with E-state index < -0.39 is 6.04 Å². The number of carbonyl (C=O) groups excluding carboxylic acids is 3. The number of hydrogen-bond donors (Lipinski definition) is 5. The van der Waals surface area contributed by atoms with E-state index in [9.17, 15) is 14.4 Å². The molecule has 8 N–H and O–H groups in total. The number of fused-ring (bicyclic) bond motifs is 2. The summed E-state index contributed by atoms with van der Waals surface area (Å²) in [5.41, 5.74) is 19.1. The first kappa shape index (κ1) is 36.2. The standard InChI is InChI=1S/C36H54N10O3/c37-29(10-7-16-41-36(38)39)35(49)40-17-21-44-24-22-43(23-25-44)18-6-5-8-27-14-19-45(20-15-27)26-33(47)46-31-12-3-1-9-28(31)34(48)42-30-11-2-4-13-32(30)46/h1-4,9,11-13,27,29H,5-8,10,14-26,37H2,(H,40,49)(H,42,48)(H4,38,39,41)/t29-/m1/s1. The molecule has 49 heavy (non-hydrogen) atoms. The van der Waals surface area contributed by atoms with Crippen molar-refractivity contribution in [3.05, 3.63) is 54.1 Å². The first-order valence-electron chi connectivity index (χ1n) is 17.9. The molecule has 0 unspecified atom stereocenters. The average Bonchev–Trinajstić information content (AvgIpc) is 3.23. The van der Waals surface area contributed by atoms with Gasteiger partial charge in [-0.25, -0.2) is 0 Å². The zero-order valence-electron chi connectivity index (χ0n) is 28.7. The van der Waals surface area contributed by atoms with Crippen molar-refractivity contribution in [2.45, 2.75) is 51.0 Å². The zero-order valence-corrected chi connectivity index (χ0v) is 28.7. The SMILES string of the molecule is NC(N)=NCCC[C@@H](N)C(=O)NCCN1CCN(CCCCC2CCN(CC(=O)N3c4ccccc4NC(=O)c4ccccc43)CC2)CC1. The molecule has 2 saturated heterocycles. The number of para-hydroxylation sites is 3. The second kappa shape index (κ2) is 18.1. The average molecular weight is 675 g/mol. The van der Waals surface area contributed by atoms with Crippen molar-refractivity contribution in [2.24, 2.45) is 28.1 Å². The monoisotopic (exact) mass is 674 g/mol. The lowest BCUT2D eigenvalue weighted by molar-refractivity contribution is -0.122. The number of piperazine rings is 1. The summed E-state index contributed by atoms with van der Waals surface area (Å²) in [6, 6.07) is 14.3. The van der Waals surface area contributed by atoms with E-state index in [0.29, 0.717) is 61.0 Å². The van der Waals surface area contributed by atoms with Gasteiger partial charge in [0.25, 0.3) is 5.91 Å². The molecule has 13 heteroatoms. The molecule has 266 valence electrons. The van der Waals surface area contributed by atoms with Crippen molar-refractivity contribution >= 4 is 40.7 Å². The van der Waals surface area contributed by atoms with E-state index in [1.54, 1.807) is 11.0 Å². The van der Waals surface area contributed by atoms with Gasteiger partial charge in [0, 0.05) is 45.8 Å². The van der Waals surface area contributed by atoms with Gasteiger partial charge in [-0.1, -0.05) is 37.1 Å². The molecular formula is C36H54N10O3. The quantitative estimate of drug-likeness (QED) is 0.107. The Bertz CT molecular complexity index is 1430. The number of benzene rings is 2. The minimum absolute atomic E-state index is 0.0174. The van der Waals surface area contributed by atoms with Gasteiger partial charge in [-0.15, -0.1) is 0 Å². The highest BCUT2D eigenvalue weighted by Gasteiger charge is 2.31. The molecule has 3 aliphatic heterocycles. The number of unbranched alkanes of at least 4 members (excludes halogenated alkanes) is 1. The van der Waals surface area contributed by atoms with E-state index in [2.05, 4.69) is 30.3 Å². The minimum Gasteiger partial charge on any atom is -0.370 e. The van der Waals surface area contributed by atoms with Crippen LogP contribution >= 0.6 is 0 Å². The summed E-state index contributed by atoms with van der Waals surface area (Å²) >= 11 is 0. The third-order valence-electron chi connectivity index (χ3n) is 9.93. The summed E-state index contributed by atoms with van der Waals surface area (Å²) in [6.07, 6.45) is 7.11. The Hall–Kier alpha value is -4.04. The second-order valence-corrected chi connectivity index (χ2v) is 13.5.